The zero-order valence-corrected chi connectivity index (χ0v) is 19.9. The zero-order valence-electron chi connectivity index (χ0n) is 19.1. The fourth-order valence-electron chi connectivity index (χ4n) is 4.96. The molecule has 1 atom stereocenters. The number of aromatic nitrogens is 4. The van der Waals surface area contributed by atoms with Crippen molar-refractivity contribution in [3.63, 3.8) is 0 Å². The van der Waals surface area contributed by atoms with Crippen LogP contribution in [0.2, 0.25) is 0 Å². The maximum Gasteiger partial charge on any atom is 0.273 e. The summed E-state index contributed by atoms with van der Waals surface area (Å²) in [6.45, 7) is 4.28. The van der Waals surface area contributed by atoms with Crippen molar-refractivity contribution in [2.75, 3.05) is 19.7 Å². The molecular weight excluding hydrogens is 467 g/mol. The standard InChI is InChI=1S/C23H27F2N5O2S.FH/c1-14-9-19(20-11-29(7-8-32-20)22(31)18-12-33-13-26-18)30-21(27-14)10-17(28-30)15-3-5-16(6-4-15)23(2,24)25;/h9-10,12-13,15-16,20H,3-8,11H2,1-2H3;1H/t15?,16?,20-;/m1./s1. The van der Waals surface area contributed by atoms with Crippen LogP contribution < -0.4 is 0 Å². The third-order valence-electron chi connectivity index (χ3n) is 6.80. The Hall–Kier alpha value is -2.53. The van der Waals surface area contributed by atoms with Crippen molar-refractivity contribution in [2.24, 2.45) is 5.92 Å². The molecule has 0 spiro atoms. The average Bonchev–Trinajstić information content (AvgIpc) is 3.48. The molecule has 0 unspecified atom stereocenters. The molecule has 34 heavy (non-hydrogen) atoms. The van der Waals surface area contributed by atoms with Crippen molar-refractivity contribution in [3.05, 3.63) is 45.8 Å². The van der Waals surface area contributed by atoms with E-state index in [4.69, 9.17) is 9.84 Å². The number of rotatable bonds is 4. The lowest BCUT2D eigenvalue weighted by atomic mass is 9.78. The molecule has 4 heterocycles. The van der Waals surface area contributed by atoms with E-state index in [1.165, 1.54) is 11.3 Å². The van der Waals surface area contributed by atoms with Gasteiger partial charge in [-0.1, -0.05) is 0 Å². The van der Waals surface area contributed by atoms with Crippen LogP contribution in [0.5, 0.6) is 0 Å². The molecule has 1 aliphatic heterocycles. The summed E-state index contributed by atoms with van der Waals surface area (Å²) in [7, 11) is 0. The molecule has 1 saturated carbocycles. The Kier molecular flexibility index (Phi) is 6.95. The highest BCUT2D eigenvalue weighted by atomic mass is 32.1. The lowest BCUT2D eigenvalue weighted by Crippen LogP contribution is -2.42. The number of morpholine rings is 1. The van der Waals surface area contributed by atoms with Crippen LogP contribution in [0.1, 0.15) is 72.2 Å². The fraction of sp³-hybridized carbons (Fsp3) is 0.565. The van der Waals surface area contributed by atoms with Crippen molar-refractivity contribution in [1.82, 2.24) is 24.5 Å². The van der Waals surface area contributed by atoms with E-state index in [2.05, 4.69) is 9.97 Å². The first-order chi connectivity index (χ1) is 15.8. The quantitative estimate of drug-likeness (QED) is 0.521. The van der Waals surface area contributed by atoms with E-state index in [1.807, 2.05) is 19.1 Å². The predicted molar refractivity (Wildman–Crippen MR) is 122 cm³/mol. The SMILES string of the molecule is Cc1cc([C@H]2CN(C(=O)c3cscn3)CCO2)n2nc(C3CCC(C(C)(F)F)CC3)cc2n1.F. The number of hydrogen-bond donors (Lipinski definition) is 0. The van der Waals surface area contributed by atoms with Gasteiger partial charge in [0.15, 0.2) is 5.65 Å². The smallest absolute Gasteiger partial charge is 0.273 e. The van der Waals surface area contributed by atoms with Crippen molar-refractivity contribution in [2.45, 2.75) is 57.5 Å². The number of ether oxygens (including phenoxy) is 1. The van der Waals surface area contributed by atoms with Gasteiger partial charge in [-0.3, -0.25) is 9.50 Å². The van der Waals surface area contributed by atoms with E-state index in [0.717, 1.165) is 29.7 Å². The zero-order chi connectivity index (χ0) is 23.2. The number of halogens is 3. The van der Waals surface area contributed by atoms with Gasteiger partial charge in [0.1, 0.15) is 11.8 Å². The van der Waals surface area contributed by atoms with Crippen molar-refractivity contribution in [1.29, 1.82) is 0 Å². The van der Waals surface area contributed by atoms with Crippen molar-refractivity contribution >= 4 is 22.9 Å². The van der Waals surface area contributed by atoms with Crippen LogP contribution in [0, 0.1) is 12.8 Å². The molecule has 1 amide bonds. The molecule has 5 rings (SSSR count). The number of fused-ring (bicyclic) bond motifs is 1. The van der Waals surface area contributed by atoms with Gasteiger partial charge in [0.25, 0.3) is 5.91 Å². The molecule has 3 aromatic heterocycles. The number of carbonyl (C=O) groups is 1. The molecule has 0 radical (unpaired) electrons. The Balaban J connectivity index is 0.00000274. The Morgan fingerprint density at radius 3 is 2.68 bits per heavy atom. The first-order valence-electron chi connectivity index (χ1n) is 11.3. The largest absolute Gasteiger partial charge is 0.368 e. The summed E-state index contributed by atoms with van der Waals surface area (Å²) in [6, 6.07) is 3.91. The molecule has 1 aliphatic carbocycles. The minimum absolute atomic E-state index is 0. The molecule has 0 aromatic carbocycles. The summed E-state index contributed by atoms with van der Waals surface area (Å²) < 4.78 is 35.3. The number of alkyl halides is 2. The fourth-order valence-corrected chi connectivity index (χ4v) is 5.49. The number of amides is 1. The third-order valence-corrected chi connectivity index (χ3v) is 7.39. The molecule has 0 N–H and O–H groups in total. The van der Waals surface area contributed by atoms with Gasteiger partial charge in [-0.15, -0.1) is 11.3 Å². The molecule has 2 fully saturated rings. The summed E-state index contributed by atoms with van der Waals surface area (Å²) in [5.74, 6) is -3.14. The van der Waals surface area contributed by atoms with E-state index >= 15 is 0 Å². The Morgan fingerprint density at radius 2 is 2.00 bits per heavy atom. The normalized spacial score (nSPS) is 23.6. The van der Waals surface area contributed by atoms with Gasteiger partial charge >= 0.3 is 0 Å². The number of thiazole rings is 1. The molecule has 11 heteroatoms. The van der Waals surface area contributed by atoms with E-state index < -0.39 is 11.8 Å². The minimum Gasteiger partial charge on any atom is -0.368 e. The Labute approximate surface area is 199 Å². The van der Waals surface area contributed by atoms with Gasteiger partial charge in [0, 0.05) is 35.5 Å². The Morgan fingerprint density at radius 1 is 1.24 bits per heavy atom. The van der Waals surface area contributed by atoms with E-state index in [9.17, 15) is 13.6 Å². The predicted octanol–water partition coefficient (Wildman–Crippen LogP) is 4.79. The average molecular weight is 496 g/mol. The summed E-state index contributed by atoms with van der Waals surface area (Å²) in [4.78, 5) is 23.3. The lowest BCUT2D eigenvalue weighted by molar-refractivity contribution is -0.0547. The van der Waals surface area contributed by atoms with Gasteiger partial charge in [0.05, 0.1) is 30.1 Å². The molecule has 2 aliphatic rings. The summed E-state index contributed by atoms with van der Waals surface area (Å²) in [6.07, 6.45) is 2.05. The summed E-state index contributed by atoms with van der Waals surface area (Å²) in [5, 5.41) is 6.59. The third kappa shape index (κ3) is 4.81. The van der Waals surface area contributed by atoms with E-state index in [-0.39, 0.29) is 22.6 Å². The molecule has 1 saturated heterocycles. The molecular formula is C23H28F3N5O2S. The molecule has 3 aromatic rings. The maximum absolute atomic E-state index is 13.7. The van der Waals surface area contributed by atoms with Crippen molar-refractivity contribution < 1.29 is 23.0 Å². The van der Waals surface area contributed by atoms with Crippen LogP contribution in [-0.4, -0.2) is 56.0 Å². The molecule has 184 valence electrons. The molecule has 7 nitrogen and oxygen atoms in total. The van der Waals surface area contributed by atoms with Crippen LogP contribution in [0.15, 0.2) is 23.0 Å². The second kappa shape index (κ2) is 9.61. The minimum atomic E-state index is -2.63. The number of nitrogens with zero attached hydrogens (tertiary/aromatic N) is 5. The van der Waals surface area contributed by atoms with Crippen LogP contribution >= 0.6 is 11.3 Å². The summed E-state index contributed by atoms with van der Waals surface area (Å²) in [5.41, 5.74) is 5.39. The second-order valence-corrected chi connectivity index (χ2v) is 9.87. The van der Waals surface area contributed by atoms with Gasteiger partial charge in [-0.05, 0) is 45.6 Å². The van der Waals surface area contributed by atoms with E-state index in [1.54, 1.807) is 20.3 Å². The number of aryl methyl sites for hydroxylation is 1. The number of carbonyl (C=O) groups excluding carboxylic acids is 1. The van der Waals surface area contributed by atoms with Crippen LogP contribution in [0.25, 0.3) is 5.65 Å². The van der Waals surface area contributed by atoms with Gasteiger partial charge in [0.2, 0.25) is 5.92 Å². The van der Waals surface area contributed by atoms with Crippen LogP contribution in [0.4, 0.5) is 13.5 Å². The first kappa shape index (κ1) is 24.6. The maximum atomic E-state index is 13.7. The topological polar surface area (TPSA) is 72.6 Å². The monoisotopic (exact) mass is 495 g/mol. The van der Waals surface area contributed by atoms with Crippen LogP contribution in [-0.2, 0) is 4.74 Å². The summed E-state index contributed by atoms with van der Waals surface area (Å²) >= 11 is 1.40. The van der Waals surface area contributed by atoms with Crippen molar-refractivity contribution in [3.8, 4) is 0 Å². The Bertz CT molecular complexity index is 1140. The highest BCUT2D eigenvalue weighted by Crippen LogP contribution is 2.42. The first-order valence-corrected chi connectivity index (χ1v) is 12.3. The highest BCUT2D eigenvalue weighted by molar-refractivity contribution is 7.07. The van der Waals surface area contributed by atoms with Gasteiger partial charge in [-0.25, -0.2) is 23.3 Å². The van der Waals surface area contributed by atoms with Crippen LogP contribution in [0.3, 0.4) is 0 Å². The lowest BCUT2D eigenvalue weighted by Gasteiger charge is -2.33. The highest BCUT2D eigenvalue weighted by Gasteiger charge is 2.38. The number of hydrogen-bond acceptors (Lipinski definition) is 6. The van der Waals surface area contributed by atoms with Gasteiger partial charge < -0.3 is 9.64 Å². The second-order valence-electron chi connectivity index (χ2n) is 9.15. The van der Waals surface area contributed by atoms with E-state index in [0.29, 0.717) is 51.1 Å². The molecule has 0 bridgehead atoms. The van der Waals surface area contributed by atoms with Gasteiger partial charge in [-0.2, -0.15) is 5.10 Å².